The molecule has 0 radical (unpaired) electrons. The van der Waals surface area contributed by atoms with Gasteiger partial charge in [-0.05, 0) is 55.5 Å². The number of rotatable bonds is 3. The van der Waals surface area contributed by atoms with Crippen molar-refractivity contribution in [3.05, 3.63) is 69.0 Å². The van der Waals surface area contributed by atoms with Gasteiger partial charge in [0, 0.05) is 11.9 Å². The standard InChI is InChI=1S/C21H22ClN3O2/c1-13-6-7-14(11-23-13)8-15-9-16-20(17(22)10-15)24-12-25(21(16)27)18-4-2-3-5-19(18)26/h6-7,9-12,18-19,26H,2-5,8H2,1H3/t18-,19-/m0/s1. The third-order valence-electron chi connectivity index (χ3n) is 5.33. The molecule has 0 bridgehead atoms. The van der Waals surface area contributed by atoms with Gasteiger partial charge < -0.3 is 5.11 Å². The quantitative estimate of drug-likeness (QED) is 0.746. The molecule has 140 valence electrons. The van der Waals surface area contributed by atoms with Crippen molar-refractivity contribution in [1.82, 2.24) is 14.5 Å². The zero-order chi connectivity index (χ0) is 19.0. The predicted octanol–water partition coefficient (Wildman–Crippen LogP) is 3.82. The summed E-state index contributed by atoms with van der Waals surface area (Å²) < 4.78 is 1.58. The minimum absolute atomic E-state index is 0.142. The van der Waals surface area contributed by atoms with Gasteiger partial charge in [-0.3, -0.25) is 14.3 Å². The first-order chi connectivity index (χ1) is 13.0. The van der Waals surface area contributed by atoms with Crippen LogP contribution in [-0.2, 0) is 6.42 Å². The summed E-state index contributed by atoms with van der Waals surface area (Å²) in [6, 6.07) is 7.50. The fourth-order valence-corrected chi connectivity index (χ4v) is 4.14. The van der Waals surface area contributed by atoms with E-state index < -0.39 is 6.10 Å². The summed E-state index contributed by atoms with van der Waals surface area (Å²) >= 11 is 6.42. The Kier molecular flexibility index (Phi) is 4.98. The molecule has 0 saturated heterocycles. The molecule has 27 heavy (non-hydrogen) atoms. The molecule has 6 heteroatoms. The zero-order valence-electron chi connectivity index (χ0n) is 15.2. The van der Waals surface area contributed by atoms with Gasteiger partial charge in [0.1, 0.15) is 0 Å². The molecule has 5 nitrogen and oxygen atoms in total. The Morgan fingerprint density at radius 3 is 2.74 bits per heavy atom. The topological polar surface area (TPSA) is 68.0 Å². The number of aliphatic hydroxyl groups is 1. The van der Waals surface area contributed by atoms with Crippen LogP contribution in [0.15, 0.2) is 41.6 Å². The fourth-order valence-electron chi connectivity index (χ4n) is 3.85. The van der Waals surface area contributed by atoms with E-state index in [1.165, 1.54) is 6.33 Å². The molecule has 0 aliphatic heterocycles. The molecular weight excluding hydrogens is 362 g/mol. The molecule has 3 aromatic rings. The minimum Gasteiger partial charge on any atom is -0.391 e. The number of aromatic nitrogens is 3. The smallest absolute Gasteiger partial charge is 0.261 e. The number of fused-ring (bicyclic) bond motifs is 1. The van der Waals surface area contributed by atoms with Crippen LogP contribution in [-0.4, -0.2) is 25.7 Å². The van der Waals surface area contributed by atoms with Crippen LogP contribution >= 0.6 is 11.6 Å². The van der Waals surface area contributed by atoms with Crippen LogP contribution in [0.25, 0.3) is 10.9 Å². The summed E-state index contributed by atoms with van der Waals surface area (Å²) in [5.41, 5.74) is 3.33. The highest BCUT2D eigenvalue weighted by Gasteiger charge is 2.26. The maximum atomic E-state index is 13.1. The highest BCUT2D eigenvalue weighted by Crippen LogP contribution is 2.29. The van der Waals surface area contributed by atoms with Gasteiger partial charge in [0.25, 0.3) is 5.56 Å². The number of pyridine rings is 1. The van der Waals surface area contributed by atoms with E-state index in [0.29, 0.717) is 22.3 Å². The largest absolute Gasteiger partial charge is 0.391 e. The summed E-state index contributed by atoms with van der Waals surface area (Å²) in [4.78, 5) is 21.9. The monoisotopic (exact) mass is 383 g/mol. The van der Waals surface area contributed by atoms with Gasteiger partial charge in [0.2, 0.25) is 0 Å². The number of benzene rings is 1. The van der Waals surface area contributed by atoms with E-state index in [-0.39, 0.29) is 11.6 Å². The number of aryl methyl sites for hydroxylation is 1. The van der Waals surface area contributed by atoms with Crippen molar-refractivity contribution in [3.8, 4) is 0 Å². The first-order valence-corrected chi connectivity index (χ1v) is 9.69. The number of nitrogens with zero attached hydrogens (tertiary/aromatic N) is 3. The Balaban J connectivity index is 1.76. The van der Waals surface area contributed by atoms with Crippen molar-refractivity contribution in [2.75, 3.05) is 0 Å². The fraction of sp³-hybridized carbons (Fsp3) is 0.381. The van der Waals surface area contributed by atoms with Crippen LogP contribution in [0.3, 0.4) is 0 Å². The second kappa shape index (κ2) is 7.41. The van der Waals surface area contributed by atoms with Crippen molar-refractivity contribution in [1.29, 1.82) is 0 Å². The van der Waals surface area contributed by atoms with Gasteiger partial charge in [0.15, 0.2) is 0 Å². The zero-order valence-corrected chi connectivity index (χ0v) is 16.0. The molecular formula is C21H22ClN3O2. The average Bonchev–Trinajstić information content (AvgIpc) is 2.65. The van der Waals surface area contributed by atoms with Crippen molar-refractivity contribution < 1.29 is 5.11 Å². The highest BCUT2D eigenvalue weighted by atomic mass is 35.5. The van der Waals surface area contributed by atoms with Gasteiger partial charge in [0.05, 0.1) is 34.4 Å². The Hall–Kier alpha value is -2.24. The van der Waals surface area contributed by atoms with Crippen molar-refractivity contribution >= 4 is 22.5 Å². The lowest BCUT2D eigenvalue weighted by molar-refractivity contribution is 0.0735. The van der Waals surface area contributed by atoms with Gasteiger partial charge in [-0.15, -0.1) is 0 Å². The summed E-state index contributed by atoms with van der Waals surface area (Å²) in [5, 5.41) is 11.3. The number of halogens is 1. The van der Waals surface area contributed by atoms with E-state index in [9.17, 15) is 9.90 Å². The molecule has 4 rings (SSSR count). The van der Waals surface area contributed by atoms with Gasteiger partial charge in [-0.25, -0.2) is 4.98 Å². The normalized spacial score (nSPS) is 20.1. The number of aliphatic hydroxyl groups excluding tert-OH is 1. The van der Waals surface area contributed by atoms with Crippen LogP contribution in [0.2, 0.25) is 5.02 Å². The molecule has 1 aliphatic carbocycles. The molecule has 1 N–H and O–H groups in total. The molecule has 2 atom stereocenters. The van der Waals surface area contributed by atoms with Crippen molar-refractivity contribution in [3.63, 3.8) is 0 Å². The first kappa shape index (κ1) is 18.1. The molecule has 1 aromatic carbocycles. The van der Waals surface area contributed by atoms with E-state index >= 15 is 0 Å². The van der Waals surface area contributed by atoms with Crippen LogP contribution < -0.4 is 5.56 Å². The molecule has 1 saturated carbocycles. The highest BCUT2D eigenvalue weighted by molar-refractivity contribution is 6.35. The van der Waals surface area contributed by atoms with E-state index in [1.807, 2.05) is 37.4 Å². The SMILES string of the molecule is Cc1ccc(Cc2cc(Cl)c3ncn([C@H]4CCCC[C@@H]4O)c(=O)c3c2)cn1. The van der Waals surface area contributed by atoms with Crippen LogP contribution in [0.1, 0.15) is 48.5 Å². The van der Waals surface area contributed by atoms with Crippen molar-refractivity contribution in [2.24, 2.45) is 0 Å². The third kappa shape index (κ3) is 3.62. The minimum atomic E-state index is -0.506. The first-order valence-electron chi connectivity index (χ1n) is 9.32. The predicted molar refractivity (Wildman–Crippen MR) is 106 cm³/mol. The summed E-state index contributed by atoms with van der Waals surface area (Å²) in [7, 11) is 0. The summed E-state index contributed by atoms with van der Waals surface area (Å²) in [5.74, 6) is 0. The lowest BCUT2D eigenvalue weighted by Gasteiger charge is -2.29. The van der Waals surface area contributed by atoms with E-state index in [1.54, 1.807) is 4.57 Å². The Morgan fingerprint density at radius 1 is 1.19 bits per heavy atom. The van der Waals surface area contributed by atoms with E-state index in [4.69, 9.17) is 11.6 Å². The Labute approximate surface area is 162 Å². The molecule has 0 unspecified atom stereocenters. The van der Waals surface area contributed by atoms with Crippen LogP contribution in [0.5, 0.6) is 0 Å². The van der Waals surface area contributed by atoms with E-state index in [0.717, 1.165) is 42.5 Å². The third-order valence-corrected chi connectivity index (χ3v) is 5.62. The molecule has 0 amide bonds. The van der Waals surface area contributed by atoms with Gasteiger partial charge >= 0.3 is 0 Å². The average molecular weight is 384 g/mol. The number of hydrogen-bond donors (Lipinski definition) is 1. The second-order valence-electron chi connectivity index (χ2n) is 7.33. The van der Waals surface area contributed by atoms with Crippen molar-refractivity contribution in [2.45, 2.75) is 51.2 Å². The lowest BCUT2D eigenvalue weighted by atomic mass is 9.92. The molecule has 2 aromatic heterocycles. The van der Waals surface area contributed by atoms with E-state index in [2.05, 4.69) is 9.97 Å². The molecule has 1 aliphatic rings. The summed E-state index contributed by atoms with van der Waals surface area (Å²) in [6.45, 7) is 1.95. The molecule has 1 fully saturated rings. The maximum Gasteiger partial charge on any atom is 0.261 e. The Morgan fingerprint density at radius 2 is 2.00 bits per heavy atom. The summed E-state index contributed by atoms with van der Waals surface area (Å²) in [6.07, 6.45) is 7.01. The Bertz CT molecular complexity index is 1030. The second-order valence-corrected chi connectivity index (χ2v) is 7.74. The van der Waals surface area contributed by atoms with Crippen LogP contribution in [0, 0.1) is 6.92 Å². The number of hydrogen-bond acceptors (Lipinski definition) is 4. The molecule has 0 spiro atoms. The maximum absolute atomic E-state index is 13.1. The van der Waals surface area contributed by atoms with Gasteiger partial charge in [-0.2, -0.15) is 0 Å². The van der Waals surface area contributed by atoms with Gasteiger partial charge in [-0.1, -0.05) is 30.5 Å². The van der Waals surface area contributed by atoms with Crippen LogP contribution in [0.4, 0.5) is 0 Å². The lowest BCUT2D eigenvalue weighted by Crippen LogP contribution is -2.34. The molecule has 2 heterocycles.